The Morgan fingerprint density at radius 2 is 2.33 bits per heavy atom. The number of oxazole rings is 1. The lowest BCUT2D eigenvalue weighted by Gasteiger charge is -2.05. The first-order chi connectivity index (χ1) is 7.04. The van der Waals surface area contributed by atoms with E-state index < -0.39 is 5.97 Å². The quantitative estimate of drug-likeness (QED) is 0.805. The number of carbonyl (C=O) groups is 1. The number of ether oxygens (including phenoxy) is 1. The molecule has 0 aliphatic heterocycles. The number of aryl methyl sites for hydroxylation is 2. The van der Waals surface area contributed by atoms with Crippen molar-refractivity contribution in [1.82, 2.24) is 4.98 Å². The van der Waals surface area contributed by atoms with Gasteiger partial charge in [-0.05, 0) is 20.3 Å². The average Bonchev–Trinajstić information content (AvgIpc) is 2.56. The monoisotopic (exact) mass is 213 g/mol. The first-order valence-corrected chi connectivity index (χ1v) is 4.77. The summed E-state index contributed by atoms with van der Waals surface area (Å²) >= 11 is 0. The summed E-state index contributed by atoms with van der Waals surface area (Å²) in [5, 5.41) is 8.74. The summed E-state index contributed by atoms with van der Waals surface area (Å²) in [4.78, 5) is 14.7. The van der Waals surface area contributed by atoms with Crippen LogP contribution >= 0.6 is 0 Å². The van der Waals surface area contributed by atoms with Gasteiger partial charge in [-0.2, -0.15) is 0 Å². The van der Waals surface area contributed by atoms with Crippen LogP contribution in [0.2, 0.25) is 0 Å². The molecule has 5 nitrogen and oxygen atoms in total. The van der Waals surface area contributed by atoms with Gasteiger partial charge in [0.15, 0.2) is 5.89 Å². The number of aromatic nitrogens is 1. The van der Waals surface area contributed by atoms with Gasteiger partial charge in [-0.15, -0.1) is 0 Å². The van der Waals surface area contributed by atoms with Gasteiger partial charge in [0.25, 0.3) is 0 Å². The predicted molar refractivity (Wildman–Crippen MR) is 53.0 cm³/mol. The topological polar surface area (TPSA) is 72.6 Å². The van der Waals surface area contributed by atoms with Crippen LogP contribution < -0.4 is 0 Å². The number of methoxy groups -OCH3 is 1. The lowest BCUT2D eigenvalue weighted by molar-refractivity contribution is 0.0658. The van der Waals surface area contributed by atoms with Crippen LogP contribution in [0.15, 0.2) is 4.42 Å². The number of nitrogens with zero attached hydrogens (tertiary/aromatic N) is 1. The van der Waals surface area contributed by atoms with Gasteiger partial charge in [0.05, 0.1) is 11.8 Å². The van der Waals surface area contributed by atoms with Crippen LogP contribution in [-0.2, 0) is 11.2 Å². The third-order valence-corrected chi connectivity index (χ3v) is 2.20. The van der Waals surface area contributed by atoms with Crippen LogP contribution in [0.3, 0.4) is 0 Å². The maximum atomic E-state index is 10.7. The van der Waals surface area contributed by atoms with Gasteiger partial charge >= 0.3 is 5.97 Å². The van der Waals surface area contributed by atoms with E-state index in [9.17, 15) is 4.79 Å². The van der Waals surface area contributed by atoms with E-state index in [4.69, 9.17) is 14.3 Å². The van der Waals surface area contributed by atoms with Crippen molar-refractivity contribution in [2.75, 3.05) is 7.11 Å². The van der Waals surface area contributed by atoms with Crippen molar-refractivity contribution in [3.63, 3.8) is 0 Å². The fourth-order valence-electron chi connectivity index (χ4n) is 1.20. The van der Waals surface area contributed by atoms with E-state index in [1.54, 1.807) is 14.0 Å². The summed E-state index contributed by atoms with van der Waals surface area (Å²) in [6.07, 6.45) is 1.46. The molecular formula is C10H15NO4. The highest BCUT2D eigenvalue weighted by Crippen LogP contribution is 2.12. The molecule has 15 heavy (non-hydrogen) atoms. The fourth-order valence-corrected chi connectivity index (χ4v) is 1.20. The molecule has 0 fully saturated rings. The van der Waals surface area contributed by atoms with Gasteiger partial charge in [0, 0.05) is 13.5 Å². The lowest BCUT2D eigenvalue weighted by Crippen LogP contribution is -2.05. The summed E-state index contributed by atoms with van der Waals surface area (Å²) in [6, 6.07) is 0. The molecule has 0 aliphatic rings. The van der Waals surface area contributed by atoms with E-state index >= 15 is 0 Å². The van der Waals surface area contributed by atoms with Gasteiger partial charge in [0.1, 0.15) is 0 Å². The van der Waals surface area contributed by atoms with Gasteiger partial charge in [0.2, 0.25) is 5.76 Å². The molecule has 1 heterocycles. The Labute approximate surface area is 88.1 Å². The fraction of sp³-hybridized carbons (Fsp3) is 0.600. The molecule has 0 spiro atoms. The number of rotatable bonds is 5. The predicted octanol–water partition coefficient (Wildman–Crippen LogP) is 1.65. The van der Waals surface area contributed by atoms with Gasteiger partial charge in [-0.25, -0.2) is 9.78 Å². The maximum Gasteiger partial charge on any atom is 0.373 e. The van der Waals surface area contributed by atoms with Crippen molar-refractivity contribution in [3.05, 3.63) is 17.3 Å². The van der Waals surface area contributed by atoms with Crippen LogP contribution in [0, 0.1) is 6.92 Å². The first kappa shape index (κ1) is 11.7. The first-order valence-electron chi connectivity index (χ1n) is 4.77. The Balaban J connectivity index is 2.63. The SMILES string of the molecule is COC(C)CCc1nc(C)c(C(=O)O)o1. The van der Waals surface area contributed by atoms with Crippen LogP contribution in [-0.4, -0.2) is 29.3 Å². The third-order valence-electron chi connectivity index (χ3n) is 2.20. The molecule has 0 aliphatic carbocycles. The summed E-state index contributed by atoms with van der Waals surface area (Å²) in [7, 11) is 1.63. The molecule has 1 aromatic rings. The van der Waals surface area contributed by atoms with Crippen LogP contribution in [0.4, 0.5) is 0 Å². The van der Waals surface area contributed by atoms with Gasteiger partial charge in [-0.1, -0.05) is 0 Å². The van der Waals surface area contributed by atoms with Crippen molar-refractivity contribution >= 4 is 5.97 Å². The normalized spacial score (nSPS) is 12.7. The minimum atomic E-state index is -1.08. The molecule has 0 radical (unpaired) electrons. The molecule has 0 saturated carbocycles. The minimum Gasteiger partial charge on any atom is -0.475 e. The molecule has 84 valence electrons. The van der Waals surface area contributed by atoms with E-state index in [0.29, 0.717) is 18.0 Å². The zero-order chi connectivity index (χ0) is 11.4. The smallest absolute Gasteiger partial charge is 0.373 e. The molecular weight excluding hydrogens is 198 g/mol. The van der Waals surface area contributed by atoms with Crippen molar-refractivity contribution in [1.29, 1.82) is 0 Å². The second-order valence-corrected chi connectivity index (χ2v) is 3.41. The van der Waals surface area contributed by atoms with Gasteiger partial charge < -0.3 is 14.3 Å². The molecule has 0 amide bonds. The molecule has 5 heteroatoms. The molecule has 0 bridgehead atoms. The highest BCUT2D eigenvalue weighted by Gasteiger charge is 2.16. The summed E-state index contributed by atoms with van der Waals surface area (Å²) < 4.78 is 10.2. The van der Waals surface area contributed by atoms with E-state index in [1.807, 2.05) is 6.92 Å². The lowest BCUT2D eigenvalue weighted by atomic mass is 10.2. The second-order valence-electron chi connectivity index (χ2n) is 3.41. The van der Waals surface area contributed by atoms with E-state index in [0.717, 1.165) is 6.42 Å². The number of hydrogen-bond acceptors (Lipinski definition) is 4. The van der Waals surface area contributed by atoms with Crippen LogP contribution in [0.1, 0.15) is 35.5 Å². The molecule has 1 rings (SSSR count). The Morgan fingerprint density at radius 1 is 1.67 bits per heavy atom. The average molecular weight is 213 g/mol. The summed E-state index contributed by atoms with van der Waals surface area (Å²) in [5.41, 5.74) is 0.419. The van der Waals surface area contributed by atoms with Crippen molar-refractivity contribution < 1.29 is 19.1 Å². The van der Waals surface area contributed by atoms with Crippen molar-refractivity contribution in [3.8, 4) is 0 Å². The molecule has 1 unspecified atom stereocenters. The van der Waals surface area contributed by atoms with Gasteiger partial charge in [-0.3, -0.25) is 0 Å². The standard InChI is InChI=1S/C10H15NO4/c1-6(14-3)4-5-8-11-7(2)9(15-8)10(12)13/h6H,4-5H2,1-3H3,(H,12,13). The van der Waals surface area contributed by atoms with Crippen LogP contribution in [0.5, 0.6) is 0 Å². The van der Waals surface area contributed by atoms with E-state index in [2.05, 4.69) is 4.98 Å². The molecule has 1 N–H and O–H groups in total. The Kier molecular flexibility index (Phi) is 3.85. The summed E-state index contributed by atoms with van der Waals surface area (Å²) in [5.74, 6) is -0.699. The largest absolute Gasteiger partial charge is 0.475 e. The number of aromatic carboxylic acids is 1. The number of carboxylic acids is 1. The Hall–Kier alpha value is -1.36. The highest BCUT2D eigenvalue weighted by atomic mass is 16.5. The zero-order valence-electron chi connectivity index (χ0n) is 9.11. The van der Waals surface area contributed by atoms with Crippen molar-refractivity contribution in [2.45, 2.75) is 32.8 Å². The zero-order valence-corrected chi connectivity index (χ0v) is 9.11. The number of hydrogen-bond donors (Lipinski definition) is 1. The minimum absolute atomic E-state index is 0.0740. The molecule has 0 aromatic carbocycles. The highest BCUT2D eigenvalue weighted by molar-refractivity contribution is 5.85. The molecule has 0 saturated heterocycles. The maximum absolute atomic E-state index is 10.7. The molecule has 1 atom stereocenters. The van der Waals surface area contributed by atoms with Crippen LogP contribution in [0.25, 0.3) is 0 Å². The second kappa shape index (κ2) is 4.93. The summed E-state index contributed by atoms with van der Waals surface area (Å²) in [6.45, 7) is 3.56. The van der Waals surface area contributed by atoms with Crippen molar-refractivity contribution in [2.24, 2.45) is 0 Å². The van der Waals surface area contributed by atoms with E-state index in [-0.39, 0.29) is 11.9 Å². The third kappa shape index (κ3) is 3.06. The molecule has 1 aromatic heterocycles. The van der Waals surface area contributed by atoms with E-state index in [1.165, 1.54) is 0 Å². The Morgan fingerprint density at radius 3 is 2.80 bits per heavy atom. The number of carboxylic acid groups (broad SMARTS) is 1. The Bertz CT molecular complexity index is 345.